The second-order valence-electron chi connectivity index (χ2n) is 6.36. The van der Waals surface area contributed by atoms with Gasteiger partial charge in [-0.3, -0.25) is 0 Å². The fourth-order valence-corrected chi connectivity index (χ4v) is 3.26. The fourth-order valence-electron chi connectivity index (χ4n) is 3.26. The first-order chi connectivity index (χ1) is 7.59. The molecule has 2 nitrogen and oxygen atoms in total. The summed E-state index contributed by atoms with van der Waals surface area (Å²) < 4.78 is 0. The van der Waals surface area contributed by atoms with Gasteiger partial charge in [0.1, 0.15) is 0 Å². The van der Waals surface area contributed by atoms with Crippen LogP contribution in [0.1, 0.15) is 52.4 Å². The lowest BCUT2D eigenvalue weighted by Crippen LogP contribution is -2.44. The highest BCUT2D eigenvalue weighted by molar-refractivity contribution is 4.90. The van der Waals surface area contributed by atoms with Gasteiger partial charge >= 0.3 is 0 Å². The van der Waals surface area contributed by atoms with Crippen LogP contribution < -0.4 is 5.73 Å². The van der Waals surface area contributed by atoms with Crippen molar-refractivity contribution in [3.05, 3.63) is 0 Å². The SMILES string of the molecule is CC1CCN(CCC2(N)CCCC2)CC1C. The standard InChI is InChI=1S/C14H28N2/c1-12-5-9-16(11-13(12)2)10-8-14(15)6-3-4-7-14/h12-13H,3-11,15H2,1-2H3. The molecule has 0 aromatic rings. The van der Waals surface area contributed by atoms with Crippen LogP contribution in [-0.4, -0.2) is 30.1 Å². The Hall–Kier alpha value is -0.0800. The minimum absolute atomic E-state index is 0.187. The molecule has 0 spiro atoms. The lowest BCUT2D eigenvalue weighted by Gasteiger charge is -2.37. The molecule has 1 aliphatic carbocycles. The third kappa shape index (κ3) is 2.98. The normalized spacial score (nSPS) is 35.4. The third-order valence-corrected chi connectivity index (χ3v) is 4.94. The predicted molar refractivity (Wildman–Crippen MR) is 69.4 cm³/mol. The quantitative estimate of drug-likeness (QED) is 0.798. The van der Waals surface area contributed by atoms with Crippen molar-refractivity contribution in [3.8, 4) is 0 Å². The first kappa shape index (κ1) is 12.4. The molecule has 2 fully saturated rings. The smallest absolute Gasteiger partial charge is 0.0166 e. The summed E-state index contributed by atoms with van der Waals surface area (Å²) in [6, 6.07) is 0. The van der Waals surface area contributed by atoms with Crippen LogP contribution in [0.3, 0.4) is 0 Å². The number of likely N-dealkylation sites (tertiary alicyclic amines) is 1. The van der Waals surface area contributed by atoms with Crippen molar-refractivity contribution >= 4 is 0 Å². The zero-order chi connectivity index (χ0) is 11.6. The lowest BCUT2D eigenvalue weighted by atomic mass is 9.87. The number of hydrogen-bond acceptors (Lipinski definition) is 2. The van der Waals surface area contributed by atoms with Crippen LogP contribution in [0.15, 0.2) is 0 Å². The number of hydrogen-bond donors (Lipinski definition) is 1. The first-order valence-electron chi connectivity index (χ1n) is 7.10. The molecule has 2 N–H and O–H groups in total. The summed E-state index contributed by atoms with van der Waals surface area (Å²) >= 11 is 0. The van der Waals surface area contributed by atoms with Gasteiger partial charge in [-0.05, 0) is 50.6 Å². The van der Waals surface area contributed by atoms with Crippen LogP contribution in [0, 0.1) is 11.8 Å². The summed E-state index contributed by atoms with van der Waals surface area (Å²) in [6.45, 7) is 8.60. The zero-order valence-corrected chi connectivity index (χ0v) is 11.0. The Kier molecular flexibility index (Phi) is 3.91. The maximum atomic E-state index is 6.41. The predicted octanol–water partition coefficient (Wildman–Crippen LogP) is 2.63. The zero-order valence-electron chi connectivity index (χ0n) is 11.0. The molecular formula is C14H28N2. The highest BCUT2D eigenvalue weighted by Crippen LogP contribution is 2.31. The molecule has 16 heavy (non-hydrogen) atoms. The van der Waals surface area contributed by atoms with E-state index in [1.165, 1.54) is 58.2 Å². The van der Waals surface area contributed by atoms with E-state index in [9.17, 15) is 0 Å². The molecule has 94 valence electrons. The molecule has 1 aliphatic heterocycles. The Morgan fingerprint density at radius 1 is 1.19 bits per heavy atom. The maximum Gasteiger partial charge on any atom is 0.0166 e. The van der Waals surface area contributed by atoms with Gasteiger partial charge in [0.2, 0.25) is 0 Å². The summed E-state index contributed by atoms with van der Waals surface area (Å²) in [6.07, 6.45) is 7.81. The van der Waals surface area contributed by atoms with Crippen molar-refractivity contribution in [1.82, 2.24) is 4.90 Å². The van der Waals surface area contributed by atoms with Gasteiger partial charge in [-0.25, -0.2) is 0 Å². The molecule has 1 heterocycles. The first-order valence-corrected chi connectivity index (χ1v) is 7.10. The second-order valence-corrected chi connectivity index (χ2v) is 6.36. The molecule has 2 unspecified atom stereocenters. The van der Waals surface area contributed by atoms with Gasteiger partial charge in [0, 0.05) is 12.1 Å². The van der Waals surface area contributed by atoms with Crippen LogP contribution in [0.5, 0.6) is 0 Å². The van der Waals surface area contributed by atoms with Crippen molar-refractivity contribution in [2.24, 2.45) is 17.6 Å². The summed E-state index contributed by atoms with van der Waals surface area (Å²) in [5.41, 5.74) is 6.60. The van der Waals surface area contributed by atoms with E-state index in [2.05, 4.69) is 18.7 Å². The molecule has 0 radical (unpaired) electrons. The maximum absolute atomic E-state index is 6.41. The van der Waals surface area contributed by atoms with Crippen LogP contribution in [-0.2, 0) is 0 Å². The van der Waals surface area contributed by atoms with E-state index >= 15 is 0 Å². The van der Waals surface area contributed by atoms with Gasteiger partial charge in [-0.2, -0.15) is 0 Å². The van der Waals surface area contributed by atoms with Crippen LogP contribution >= 0.6 is 0 Å². The molecular weight excluding hydrogens is 196 g/mol. The number of piperidine rings is 1. The van der Waals surface area contributed by atoms with Crippen molar-refractivity contribution in [3.63, 3.8) is 0 Å². The molecule has 2 rings (SSSR count). The fraction of sp³-hybridized carbons (Fsp3) is 1.00. The molecule has 0 bridgehead atoms. The topological polar surface area (TPSA) is 29.3 Å². The van der Waals surface area contributed by atoms with Crippen molar-refractivity contribution < 1.29 is 0 Å². The third-order valence-electron chi connectivity index (χ3n) is 4.94. The van der Waals surface area contributed by atoms with E-state index in [1.807, 2.05) is 0 Å². The van der Waals surface area contributed by atoms with E-state index in [4.69, 9.17) is 5.73 Å². The minimum atomic E-state index is 0.187. The summed E-state index contributed by atoms with van der Waals surface area (Å²) in [5, 5.41) is 0. The Morgan fingerprint density at radius 2 is 1.88 bits per heavy atom. The Labute approximate surface area is 101 Å². The van der Waals surface area contributed by atoms with E-state index in [0.29, 0.717) is 0 Å². The number of nitrogens with zero attached hydrogens (tertiary/aromatic N) is 1. The van der Waals surface area contributed by atoms with Gasteiger partial charge in [-0.1, -0.05) is 26.7 Å². The van der Waals surface area contributed by atoms with Crippen LogP contribution in [0.2, 0.25) is 0 Å². The van der Waals surface area contributed by atoms with E-state index in [0.717, 1.165) is 11.8 Å². The summed E-state index contributed by atoms with van der Waals surface area (Å²) in [7, 11) is 0. The van der Waals surface area contributed by atoms with Gasteiger partial charge in [0.05, 0.1) is 0 Å². The molecule has 2 heteroatoms. The number of rotatable bonds is 3. The summed E-state index contributed by atoms with van der Waals surface area (Å²) in [5.74, 6) is 1.78. The highest BCUT2D eigenvalue weighted by Gasteiger charge is 2.30. The number of nitrogens with two attached hydrogens (primary N) is 1. The van der Waals surface area contributed by atoms with Crippen molar-refractivity contribution in [2.75, 3.05) is 19.6 Å². The van der Waals surface area contributed by atoms with Crippen LogP contribution in [0.25, 0.3) is 0 Å². The minimum Gasteiger partial charge on any atom is -0.325 e. The van der Waals surface area contributed by atoms with E-state index in [1.54, 1.807) is 0 Å². The molecule has 0 aromatic heterocycles. The Balaban J connectivity index is 1.74. The van der Waals surface area contributed by atoms with Gasteiger partial charge in [-0.15, -0.1) is 0 Å². The highest BCUT2D eigenvalue weighted by atomic mass is 15.1. The van der Waals surface area contributed by atoms with Gasteiger partial charge < -0.3 is 10.6 Å². The van der Waals surface area contributed by atoms with Crippen LogP contribution in [0.4, 0.5) is 0 Å². The van der Waals surface area contributed by atoms with E-state index < -0.39 is 0 Å². The second kappa shape index (κ2) is 5.05. The van der Waals surface area contributed by atoms with Gasteiger partial charge in [0.25, 0.3) is 0 Å². The monoisotopic (exact) mass is 224 g/mol. The molecule has 2 atom stereocenters. The lowest BCUT2D eigenvalue weighted by molar-refractivity contribution is 0.128. The largest absolute Gasteiger partial charge is 0.325 e. The molecule has 1 saturated carbocycles. The molecule has 0 aromatic carbocycles. The van der Waals surface area contributed by atoms with Gasteiger partial charge in [0.15, 0.2) is 0 Å². The average molecular weight is 224 g/mol. The average Bonchev–Trinajstić information content (AvgIpc) is 2.68. The van der Waals surface area contributed by atoms with Crippen molar-refractivity contribution in [1.29, 1.82) is 0 Å². The molecule has 0 amide bonds. The summed E-state index contributed by atoms with van der Waals surface area (Å²) in [4.78, 5) is 2.64. The molecule has 2 aliphatic rings. The van der Waals surface area contributed by atoms with Crippen molar-refractivity contribution in [2.45, 2.75) is 57.9 Å². The Morgan fingerprint density at radius 3 is 2.50 bits per heavy atom. The molecule has 1 saturated heterocycles. The van der Waals surface area contributed by atoms with E-state index in [-0.39, 0.29) is 5.54 Å². The Bertz CT molecular complexity index is 221.